The van der Waals surface area contributed by atoms with Crippen LogP contribution in [0.4, 0.5) is 10.2 Å². The Bertz CT molecular complexity index is 1230. The Morgan fingerprint density at radius 3 is 2.90 bits per heavy atom. The van der Waals surface area contributed by atoms with Crippen LogP contribution in [0.15, 0.2) is 24.7 Å². The van der Waals surface area contributed by atoms with Crippen LogP contribution >= 0.6 is 11.6 Å². The minimum atomic E-state index is -3.12. The minimum Gasteiger partial charge on any atom is -0.356 e. The average Bonchev–Trinajstić information content (AvgIpc) is 3.25. The lowest BCUT2D eigenvalue weighted by atomic mass is 10.2. The molecule has 158 valence electrons. The number of hydrogen-bond donors (Lipinski definition) is 3. The van der Waals surface area contributed by atoms with Crippen molar-refractivity contribution in [1.82, 2.24) is 25.3 Å². The Morgan fingerprint density at radius 2 is 2.17 bits per heavy atom. The molecule has 0 saturated carbocycles. The van der Waals surface area contributed by atoms with Crippen molar-refractivity contribution in [3.63, 3.8) is 0 Å². The summed E-state index contributed by atoms with van der Waals surface area (Å²) in [6.07, 6.45) is 4.51. The molecule has 1 aliphatic rings. The van der Waals surface area contributed by atoms with Crippen molar-refractivity contribution in [3.05, 3.63) is 35.5 Å². The molecule has 1 fully saturated rings. The van der Waals surface area contributed by atoms with Gasteiger partial charge in [-0.3, -0.25) is 4.79 Å². The van der Waals surface area contributed by atoms with Crippen LogP contribution in [-0.4, -0.2) is 57.9 Å². The number of nitrogens with zero attached hydrogens (tertiary/aromatic N) is 3. The normalized spacial score (nSPS) is 19.0. The summed E-state index contributed by atoms with van der Waals surface area (Å²) < 4.78 is 37.4. The molecule has 9 nitrogen and oxygen atoms in total. The third kappa shape index (κ3) is 4.21. The van der Waals surface area contributed by atoms with Crippen molar-refractivity contribution in [2.45, 2.75) is 25.4 Å². The topological polar surface area (TPSA) is 130 Å². The van der Waals surface area contributed by atoms with Gasteiger partial charge in [-0.05, 0) is 19.4 Å². The van der Waals surface area contributed by atoms with E-state index >= 15 is 0 Å². The molecular formula is C18H18ClFN6O3S. The van der Waals surface area contributed by atoms with Crippen molar-refractivity contribution in [2.75, 3.05) is 16.8 Å². The van der Waals surface area contributed by atoms with E-state index in [1.54, 1.807) is 12.3 Å². The highest BCUT2D eigenvalue weighted by Crippen LogP contribution is 2.28. The summed E-state index contributed by atoms with van der Waals surface area (Å²) in [6.45, 7) is 1.54. The fourth-order valence-corrected chi connectivity index (χ4v) is 5.10. The van der Waals surface area contributed by atoms with Gasteiger partial charge in [-0.15, -0.1) is 0 Å². The summed E-state index contributed by atoms with van der Waals surface area (Å²) in [5.41, 5.74) is 1.16. The van der Waals surface area contributed by atoms with Gasteiger partial charge < -0.3 is 15.6 Å². The lowest BCUT2D eigenvalue weighted by molar-refractivity contribution is -0.122. The largest absolute Gasteiger partial charge is 0.356 e. The molecule has 2 atom stereocenters. The molecule has 4 rings (SSSR count). The monoisotopic (exact) mass is 452 g/mol. The summed E-state index contributed by atoms with van der Waals surface area (Å²) in [6, 6.07) is 0.409. The van der Waals surface area contributed by atoms with Gasteiger partial charge in [0.2, 0.25) is 5.91 Å². The number of carbonyl (C=O) groups is 1. The van der Waals surface area contributed by atoms with Crippen LogP contribution in [0, 0.1) is 5.82 Å². The first kappa shape index (κ1) is 20.5. The number of anilines is 1. The SMILES string of the molecule is C[C@H](Nc1nc(-c2c[nH]c3ncc(Cl)cc23)ncc1F)C(=O)NC1CCS(=O)(=O)C1. The lowest BCUT2D eigenvalue weighted by Crippen LogP contribution is -2.44. The molecule has 12 heteroatoms. The number of hydrogen-bond acceptors (Lipinski definition) is 7. The van der Waals surface area contributed by atoms with Gasteiger partial charge in [0.25, 0.3) is 0 Å². The zero-order valence-corrected chi connectivity index (χ0v) is 17.4. The zero-order valence-electron chi connectivity index (χ0n) is 15.8. The maximum Gasteiger partial charge on any atom is 0.242 e. The Labute approximate surface area is 176 Å². The maximum absolute atomic E-state index is 14.3. The van der Waals surface area contributed by atoms with Crippen LogP contribution in [0.5, 0.6) is 0 Å². The van der Waals surface area contributed by atoms with E-state index in [2.05, 4.69) is 30.6 Å². The highest BCUT2D eigenvalue weighted by Gasteiger charge is 2.30. The molecule has 0 aliphatic carbocycles. The summed E-state index contributed by atoms with van der Waals surface area (Å²) in [7, 11) is -3.12. The number of amides is 1. The van der Waals surface area contributed by atoms with Crippen molar-refractivity contribution < 1.29 is 17.6 Å². The van der Waals surface area contributed by atoms with Crippen molar-refractivity contribution in [1.29, 1.82) is 0 Å². The van der Waals surface area contributed by atoms with E-state index in [9.17, 15) is 17.6 Å². The first-order chi connectivity index (χ1) is 14.2. The van der Waals surface area contributed by atoms with E-state index in [1.807, 2.05) is 0 Å². The second kappa shape index (κ2) is 7.80. The van der Waals surface area contributed by atoms with E-state index in [0.29, 0.717) is 28.0 Å². The molecule has 3 aromatic rings. The second-order valence-electron chi connectivity index (χ2n) is 7.12. The number of H-pyrrole nitrogens is 1. The van der Waals surface area contributed by atoms with E-state index in [4.69, 9.17) is 11.6 Å². The predicted octanol–water partition coefficient (Wildman–Crippen LogP) is 1.92. The van der Waals surface area contributed by atoms with E-state index < -0.39 is 33.6 Å². The van der Waals surface area contributed by atoms with Crippen LogP contribution in [0.3, 0.4) is 0 Å². The Kier molecular flexibility index (Phi) is 5.33. The standard InChI is InChI=1S/C18H18ClFN6O3S/c1-9(18(27)25-11-2-3-30(28,29)8-11)24-17-14(20)7-23-16(26-17)13-6-22-15-12(13)4-10(19)5-21-15/h4-7,9,11H,2-3,8H2,1H3,(H,21,22)(H,25,27)(H,23,24,26)/t9-,11?/m0/s1. The molecule has 1 amide bonds. The molecule has 30 heavy (non-hydrogen) atoms. The number of halogens is 2. The lowest BCUT2D eigenvalue weighted by Gasteiger charge is -2.18. The fraction of sp³-hybridized carbons (Fsp3) is 0.333. The molecular weight excluding hydrogens is 435 g/mol. The van der Waals surface area contributed by atoms with Crippen LogP contribution in [0.2, 0.25) is 5.02 Å². The number of pyridine rings is 1. The molecule has 0 bridgehead atoms. The zero-order chi connectivity index (χ0) is 21.5. The van der Waals surface area contributed by atoms with E-state index in [1.165, 1.54) is 13.1 Å². The van der Waals surface area contributed by atoms with Gasteiger partial charge in [0.05, 0.1) is 22.7 Å². The first-order valence-corrected chi connectivity index (χ1v) is 11.3. The Hall–Kier alpha value is -2.79. The van der Waals surface area contributed by atoms with Gasteiger partial charge in [-0.1, -0.05) is 11.6 Å². The number of fused-ring (bicyclic) bond motifs is 1. The van der Waals surface area contributed by atoms with Gasteiger partial charge in [0.15, 0.2) is 27.3 Å². The van der Waals surface area contributed by atoms with Crippen LogP contribution in [0.1, 0.15) is 13.3 Å². The number of aromatic nitrogens is 4. The second-order valence-corrected chi connectivity index (χ2v) is 9.78. The van der Waals surface area contributed by atoms with Crippen molar-refractivity contribution in [3.8, 4) is 11.4 Å². The van der Waals surface area contributed by atoms with Crippen LogP contribution in [-0.2, 0) is 14.6 Å². The van der Waals surface area contributed by atoms with Crippen molar-refractivity contribution in [2.24, 2.45) is 0 Å². The van der Waals surface area contributed by atoms with Crippen LogP contribution < -0.4 is 10.6 Å². The smallest absolute Gasteiger partial charge is 0.242 e. The van der Waals surface area contributed by atoms with E-state index in [-0.39, 0.29) is 23.1 Å². The molecule has 3 N–H and O–H groups in total. The van der Waals surface area contributed by atoms with Crippen molar-refractivity contribution >= 4 is 44.2 Å². The Morgan fingerprint density at radius 1 is 1.37 bits per heavy atom. The van der Waals surface area contributed by atoms with Gasteiger partial charge in [-0.2, -0.15) is 0 Å². The van der Waals surface area contributed by atoms with E-state index in [0.717, 1.165) is 6.20 Å². The van der Waals surface area contributed by atoms with Crippen LogP contribution in [0.25, 0.3) is 22.4 Å². The summed E-state index contributed by atoms with van der Waals surface area (Å²) >= 11 is 6.01. The molecule has 0 spiro atoms. The maximum atomic E-state index is 14.3. The number of sulfone groups is 1. The number of rotatable bonds is 5. The van der Waals surface area contributed by atoms with Gasteiger partial charge in [0, 0.05) is 29.4 Å². The first-order valence-electron chi connectivity index (χ1n) is 9.15. The van der Waals surface area contributed by atoms with Gasteiger partial charge in [0.1, 0.15) is 11.7 Å². The molecule has 1 aliphatic heterocycles. The fourth-order valence-electron chi connectivity index (χ4n) is 3.27. The molecule has 4 heterocycles. The molecule has 1 unspecified atom stereocenters. The Balaban J connectivity index is 1.53. The highest BCUT2D eigenvalue weighted by molar-refractivity contribution is 7.91. The van der Waals surface area contributed by atoms with Gasteiger partial charge in [-0.25, -0.2) is 27.8 Å². The highest BCUT2D eigenvalue weighted by atomic mass is 35.5. The molecule has 3 aromatic heterocycles. The summed E-state index contributed by atoms with van der Waals surface area (Å²) in [5.74, 6) is -1.13. The third-order valence-electron chi connectivity index (χ3n) is 4.81. The minimum absolute atomic E-state index is 0.0488. The third-order valence-corrected chi connectivity index (χ3v) is 6.78. The predicted molar refractivity (Wildman–Crippen MR) is 110 cm³/mol. The summed E-state index contributed by atoms with van der Waals surface area (Å²) in [4.78, 5) is 27.8. The number of carbonyl (C=O) groups excluding carboxylic acids is 1. The number of aromatic amines is 1. The quantitative estimate of drug-likeness (QED) is 0.539. The average molecular weight is 453 g/mol. The molecule has 0 aromatic carbocycles. The molecule has 1 saturated heterocycles. The van der Waals surface area contributed by atoms with Gasteiger partial charge >= 0.3 is 0 Å². The number of nitrogens with one attached hydrogen (secondary N) is 3. The molecule has 0 radical (unpaired) electrons. The summed E-state index contributed by atoms with van der Waals surface area (Å²) in [5, 5.41) is 6.51.